The van der Waals surface area contributed by atoms with Gasteiger partial charge in [-0.15, -0.1) is 0 Å². The number of amides is 1. The van der Waals surface area contributed by atoms with Crippen LogP contribution in [0.3, 0.4) is 0 Å². The quantitative estimate of drug-likeness (QED) is 0.942. The number of benzene rings is 2. The largest absolute Gasteiger partial charge is 0.489 e. The monoisotopic (exact) mass is 298 g/mol. The SMILES string of the molecule is CN1CCOc2cc(NC(=O)COc3ccccc3)ccc21. The maximum absolute atomic E-state index is 11.9. The summed E-state index contributed by atoms with van der Waals surface area (Å²) in [6, 6.07) is 14.9. The van der Waals surface area contributed by atoms with E-state index in [1.54, 1.807) is 0 Å². The first-order chi connectivity index (χ1) is 10.7. The van der Waals surface area contributed by atoms with Crippen molar-refractivity contribution in [3.63, 3.8) is 0 Å². The average Bonchev–Trinajstić information content (AvgIpc) is 2.54. The minimum Gasteiger partial charge on any atom is -0.489 e. The molecule has 2 aromatic carbocycles. The van der Waals surface area contributed by atoms with Crippen LogP contribution < -0.4 is 19.7 Å². The van der Waals surface area contributed by atoms with Gasteiger partial charge in [0.25, 0.3) is 5.91 Å². The molecule has 5 heteroatoms. The van der Waals surface area contributed by atoms with Crippen molar-refractivity contribution in [2.24, 2.45) is 0 Å². The van der Waals surface area contributed by atoms with Gasteiger partial charge in [-0.3, -0.25) is 4.79 Å². The number of hydrogen-bond acceptors (Lipinski definition) is 4. The first-order valence-electron chi connectivity index (χ1n) is 7.18. The summed E-state index contributed by atoms with van der Waals surface area (Å²) in [6.45, 7) is 1.49. The van der Waals surface area contributed by atoms with E-state index in [2.05, 4.69) is 10.2 Å². The molecule has 5 nitrogen and oxygen atoms in total. The molecule has 0 atom stereocenters. The Hall–Kier alpha value is -2.69. The van der Waals surface area contributed by atoms with Gasteiger partial charge in [0.1, 0.15) is 18.1 Å². The smallest absolute Gasteiger partial charge is 0.262 e. The van der Waals surface area contributed by atoms with E-state index in [-0.39, 0.29) is 12.5 Å². The number of likely N-dealkylation sites (N-methyl/N-ethyl adjacent to an activating group) is 1. The van der Waals surface area contributed by atoms with Crippen molar-refractivity contribution in [2.45, 2.75) is 0 Å². The molecule has 0 fully saturated rings. The molecule has 0 spiro atoms. The third-order valence-corrected chi connectivity index (χ3v) is 3.45. The van der Waals surface area contributed by atoms with Crippen LogP contribution in [0, 0.1) is 0 Å². The summed E-state index contributed by atoms with van der Waals surface area (Å²) in [6.07, 6.45) is 0. The van der Waals surface area contributed by atoms with Crippen molar-refractivity contribution in [3.8, 4) is 11.5 Å². The van der Waals surface area contributed by atoms with Crippen LogP contribution in [0.2, 0.25) is 0 Å². The van der Waals surface area contributed by atoms with Crippen molar-refractivity contribution < 1.29 is 14.3 Å². The second-order valence-electron chi connectivity index (χ2n) is 5.10. The number of hydrogen-bond donors (Lipinski definition) is 1. The zero-order valence-electron chi connectivity index (χ0n) is 12.4. The summed E-state index contributed by atoms with van der Waals surface area (Å²) in [5, 5.41) is 2.81. The minimum absolute atomic E-state index is 0.0259. The van der Waals surface area contributed by atoms with Gasteiger partial charge in [0.05, 0.1) is 12.2 Å². The van der Waals surface area contributed by atoms with Gasteiger partial charge in [-0.1, -0.05) is 18.2 Å². The summed E-state index contributed by atoms with van der Waals surface area (Å²) < 4.78 is 11.0. The zero-order valence-corrected chi connectivity index (χ0v) is 12.4. The maximum Gasteiger partial charge on any atom is 0.262 e. The Morgan fingerprint density at radius 2 is 2.09 bits per heavy atom. The first-order valence-corrected chi connectivity index (χ1v) is 7.18. The minimum atomic E-state index is -0.201. The van der Waals surface area contributed by atoms with Gasteiger partial charge in [0.15, 0.2) is 6.61 Å². The Bertz CT molecular complexity index is 658. The lowest BCUT2D eigenvalue weighted by Gasteiger charge is -2.27. The molecule has 1 heterocycles. The van der Waals surface area contributed by atoms with Gasteiger partial charge in [-0.2, -0.15) is 0 Å². The number of carbonyl (C=O) groups is 1. The molecule has 0 aliphatic carbocycles. The second kappa shape index (κ2) is 6.39. The highest BCUT2D eigenvalue weighted by Crippen LogP contribution is 2.33. The average molecular weight is 298 g/mol. The Labute approximate surface area is 129 Å². The van der Waals surface area contributed by atoms with Gasteiger partial charge in [-0.25, -0.2) is 0 Å². The molecular formula is C17H18N2O3. The summed E-state index contributed by atoms with van der Waals surface area (Å²) in [5.74, 6) is 1.26. The van der Waals surface area contributed by atoms with Crippen LogP contribution in [0.15, 0.2) is 48.5 Å². The number of rotatable bonds is 4. The molecule has 0 bridgehead atoms. The van der Waals surface area contributed by atoms with E-state index in [0.29, 0.717) is 18.0 Å². The maximum atomic E-state index is 11.9. The molecule has 1 aliphatic heterocycles. The van der Waals surface area contributed by atoms with E-state index in [1.807, 2.05) is 55.6 Å². The molecule has 0 saturated carbocycles. The molecule has 114 valence electrons. The molecule has 0 aromatic heterocycles. The highest BCUT2D eigenvalue weighted by molar-refractivity contribution is 5.92. The van der Waals surface area contributed by atoms with Gasteiger partial charge < -0.3 is 19.7 Å². The number of carbonyl (C=O) groups excluding carboxylic acids is 1. The first kappa shape index (κ1) is 14.3. The summed E-state index contributed by atoms with van der Waals surface area (Å²) >= 11 is 0. The highest BCUT2D eigenvalue weighted by atomic mass is 16.5. The summed E-state index contributed by atoms with van der Waals surface area (Å²) in [5.41, 5.74) is 1.74. The fraction of sp³-hybridized carbons (Fsp3) is 0.235. The molecule has 3 rings (SSSR count). The molecule has 2 aromatic rings. The fourth-order valence-corrected chi connectivity index (χ4v) is 2.30. The number of ether oxygens (including phenoxy) is 2. The zero-order chi connectivity index (χ0) is 15.4. The van der Waals surface area contributed by atoms with E-state index in [0.717, 1.165) is 18.0 Å². The third-order valence-electron chi connectivity index (χ3n) is 3.45. The van der Waals surface area contributed by atoms with E-state index < -0.39 is 0 Å². The topological polar surface area (TPSA) is 50.8 Å². The van der Waals surface area contributed by atoms with E-state index in [4.69, 9.17) is 9.47 Å². The molecule has 22 heavy (non-hydrogen) atoms. The predicted molar refractivity (Wildman–Crippen MR) is 85.8 cm³/mol. The van der Waals surface area contributed by atoms with Crippen LogP contribution in [-0.4, -0.2) is 32.7 Å². The molecule has 0 unspecified atom stereocenters. The Morgan fingerprint density at radius 3 is 2.91 bits per heavy atom. The Morgan fingerprint density at radius 1 is 1.27 bits per heavy atom. The van der Waals surface area contributed by atoms with Crippen molar-refractivity contribution in [2.75, 3.05) is 37.0 Å². The predicted octanol–water partition coefficient (Wildman–Crippen LogP) is 2.53. The Balaban J connectivity index is 1.60. The number of nitrogens with one attached hydrogen (secondary N) is 1. The molecule has 1 aliphatic rings. The van der Waals surface area contributed by atoms with Crippen LogP contribution in [-0.2, 0) is 4.79 Å². The second-order valence-corrected chi connectivity index (χ2v) is 5.10. The van der Waals surface area contributed by atoms with Gasteiger partial charge >= 0.3 is 0 Å². The normalized spacial score (nSPS) is 13.0. The molecule has 0 radical (unpaired) electrons. The van der Waals surface area contributed by atoms with E-state index in [1.165, 1.54) is 0 Å². The van der Waals surface area contributed by atoms with Crippen molar-refractivity contribution in [1.29, 1.82) is 0 Å². The number of fused-ring (bicyclic) bond motifs is 1. The number of anilines is 2. The van der Waals surface area contributed by atoms with Crippen LogP contribution in [0.25, 0.3) is 0 Å². The molecular weight excluding hydrogens is 280 g/mol. The fourth-order valence-electron chi connectivity index (χ4n) is 2.30. The van der Waals surface area contributed by atoms with Gasteiger partial charge in [-0.05, 0) is 24.3 Å². The number of para-hydroxylation sites is 1. The highest BCUT2D eigenvalue weighted by Gasteiger charge is 2.15. The van der Waals surface area contributed by atoms with Crippen LogP contribution in [0.1, 0.15) is 0 Å². The molecule has 1 amide bonds. The standard InChI is InChI=1S/C17H18N2O3/c1-19-9-10-21-16-11-13(7-8-15(16)19)18-17(20)12-22-14-5-3-2-4-6-14/h2-8,11H,9-10,12H2,1H3,(H,18,20). The van der Waals surface area contributed by atoms with Gasteiger partial charge in [0, 0.05) is 18.8 Å². The molecule has 1 N–H and O–H groups in total. The lowest BCUT2D eigenvalue weighted by atomic mass is 10.2. The van der Waals surface area contributed by atoms with Crippen molar-refractivity contribution >= 4 is 17.3 Å². The summed E-state index contributed by atoms with van der Waals surface area (Å²) in [4.78, 5) is 14.1. The van der Waals surface area contributed by atoms with E-state index in [9.17, 15) is 4.79 Å². The van der Waals surface area contributed by atoms with E-state index >= 15 is 0 Å². The van der Waals surface area contributed by atoms with Crippen molar-refractivity contribution in [3.05, 3.63) is 48.5 Å². The third kappa shape index (κ3) is 3.31. The molecule has 0 saturated heterocycles. The lowest BCUT2D eigenvalue weighted by molar-refractivity contribution is -0.118. The lowest BCUT2D eigenvalue weighted by Crippen LogP contribution is -2.28. The number of nitrogens with zero attached hydrogens (tertiary/aromatic N) is 1. The van der Waals surface area contributed by atoms with Gasteiger partial charge in [0.2, 0.25) is 0 Å². The van der Waals surface area contributed by atoms with Crippen LogP contribution in [0.4, 0.5) is 11.4 Å². The van der Waals surface area contributed by atoms with Crippen LogP contribution >= 0.6 is 0 Å². The van der Waals surface area contributed by atoms with Crippen LogP contribution in [0.5, 0.6) is 11.5 Å². The van der Waals surface area contributed by atoms with Crippen molar-refractivity contribution in [1.82, 2.24) is 0 Å². The summed E-state index contributed by atoms with van der Waals surface area (Å²) in [7, 11) is 2.02. The Kier molecular flexibility index (Phi) is 4.14.